The molecule has 0 heterocycles. The van der Waals surface area contributed by atoms with E-state index in [2.05, 4.69) is 17.9 Å². The molecule has 0 aliphatic carbocycles. The number of carboxylic acids is 1. The SMILES string of the molecule is O=C(O)C(S)(CC(c1ccccc1)(c1ccccc1)c1ccccc1)N[C@H](c1ccc(F)cc1)C(F)(F)F. The highest BCUT2D eigenvalue weighted by atomic mass is 32.1. The maximum absolute atomic E-state index is 14.3. The first-order chi connectivity index (χ1) is 18.1. The van der Waals surface area contributed by atoms with Gasteiger partial charge in [-0.3, -0.25) is 5.32 Å². The monoisotopic (exact) mass is 539 g/mol. The van der Waals surface area contributed by atoms with Gasteiger partial charge in [0.2, 0.25) is 0 Å². The Kier molecular flexibility index (Phi) is 7.94. The van der Waals surface area contributed by atoms with E-state index < -0.39 is 34.3 Å². The summed E-state index contributed by atoms with van der Waals surface area (Å²) in [4.78, 5) is 10.4. The zero-order chi connectivity index (χ0) is 27.4. The second-order valence-electron chi connectivity index (χ2n) is 9.02. The highest BCUT2D eigenvalue weighted by Crippen LogP contribution is 2.47. The van der Waals surface area contributed by atoms with Crippen LogP contribution in [0.25, 0.3) is 0 Å². The molecule has 0 bridgehead atoms. The molecule has 4 aromatic carbocycles. The Morgan fingerprint density at radius 3 is 1.47 bits per heavy atom. The van der Waals surface area contributed by atoms with Gasteiger partial charge in [0, 0.05) is 11.8 Å². The average Bonchev–Trinajstić information content (AvgIpc) is 2.92. The van der Waals surface area contributed by atoms with Crippen molar-refractivity contribution in [3.63, 3.8) is 0 Å². The van der Waals surface area contributed by atoms with Gasteiger partial charge in [0.1, 0.15) is 11.9 Å². The number of rotatable bonds is 9. The van der Waals surface area contributed by atoms with E-state index in [1.54, 1.807) is 36.4 Å². The molecule has 38 heavy (non-hydrogen) atoms. The highest BCUT2D eigenvalue weighted by molar-refractivity contribution is 7.82. The van der Waals surface area contributed by atoms with Crippen molar-refractivity contribution in [2.24, 2.45) is 0 Å². The van der Waals surface area contributed by atoms with Crippen LogP contribution in [0.2, 0.25) is 0 Å². The summed E-state index contributed by atoms with van der Waals surface area (Å²) in [5, 5.41) is 12.7. The molecule has 8 heteroatoms. The lowest BCUT2D eigenvalue weighted by molar-refractivity contribution is -0.165. The molecule has 0 radical (unpaired) electrons. The van der Waals surface area contributed by atoms with Crippen LogP contribution in [0.15, 0.2) is 115 Å². The molecule has 4 rings (SSSR count). The van der Waals surface area contributed by atoms with Crippen molar-refractivity contribution < 1.29 is 27.5 Å². The number of alkyl halides is 3. The second-order valence-corrected chi connectivity index (χ2v) is 9.78. The van der Waals surface area contributed by atoms with Crippen molar-refractivity contribution in [2.75, 3.05) is 0 Å². The van der Waals surface area contributed by atoms with Crippen molar-refractivity contribution in [3.05, 3.63) is 143 Å². The molecule has 3 nitrogen and oxygen atoms in total. The average molecular weight is 540 g/mol. The third-order valence-electron chi connectivity index (χ3n) is 6.59. The molecule has 0 spiro atoms. The maximum Gasteiger partial charge on any atom is 0.407 e. The first-order valence-corrected chi connectivity index (χ1v) is 12.2. The van der Waals surface area contributed by atoms with E-state index in [4.69, 9.17) is 0 Å². The number of halogens is 4. The Morgan fingerprint density at radius 2 is 1.13 bits per heavy atom. The van der Waals surface area contributed by atoms with Crippen LogP contribution >= 0.6 is 12.6 Å². The Bertz CT molecular complexity index is 1250. The van der Waals surface area contributed by atoms with Crippen molar-refractivity contribution in [1.29, 1.82) is 0 Å². The third kappa shape index (κ3) is 5.61. The topological polar surface area (TPSA) is 49.3 Å². The number of carbonyl (C=O) groups is 1. The van der Waals surface area contributed by atoms with E-state index in [0.717, 1.165) is 24.3 Å². The van der Waals surface area contributed by atoms with Crippen LogP contribution in [0.5, 0.6) is 0 Å². The molecule has 0 aliphatic rings. The minimum atomic E-state index is -4.89. The van der Waals surface area contributed by atoms with E-state index in [9.17, 15) is 27.5 Å². The van der Waals surface area contributed by atoms with Crippen LogP contribution in [-0.4, -0.2) is 22.1 Å². The largest absolute Gasteiger partial charge is 0.479 e. The fourth-order valence-corrected chi connectivity index (χ4v) is 5.16. The predicted molar refractivity (Wildman–Crippen MR) is 142 cm³/mol. The molecule has 4 aromatic rings. The van der Waals surface area contributed by atoms with Crippen LogP contribution in [0.3, 0.4) is 0 Å². The van der Waals surface area contributed by atoms with Crippen LogP contribution in [0.1, 0.15) is 34.7 Å². The minimum Gasteiger partial charge on any atom is -0.479 e. The van der Waals surface area contributed by atoms with Gasteiger partial charge < -0.3 is 5.11 Å². The highest BCUT2D eigenvalue weighted by Gasteiger charge is 2.52. The summed E-state index contributed by atoms with van der Waals surface area (Å²) in [5.74, 6) is -2.29. The zero-order valence-electron chi connectivity index (χ0n) is 20.1. The molecule has 0 saturated heterocycles. The van der Waals surface area contributed by atoms with Gasteiger partial charge in [0.25, 0.3) is 0 Å². The fraction of sp³-hybridized carbons (Fsp3) is 0.167. The van der Waals surface area contributed by atoms with Gasteiger partial charge in [0.15, 0.2) is 4.87 Å². The second kappa shape index (κ2) is 11.0. The smallest absolute Gasteiger partial charge is 0.407 e. The number of thiol groups is 1. The molecule has 0 aromatic heterocycles. The van der Waals surface area contributed by atoms with Crippen molar-refractivity contribution in [3.8, 4) is 0 Å². The Labute approximate surface area is 223 Å². The molecular formula is C30H25F4NO2S. The third-order valence-corrected chi connectivity index (χ3v) is 7.07. The standard InChI is InChI=1S/C30H25F4NO2S/c31-25-18-16-21(17-19-25)26(30(32,33)34)35-29(38,27(36)37)20-28(22-10-4-1-5-11-22,23-12-6-2-7-13-23)24-14-8-3-9-15-24/h1-19,26,35,38H,20H2,(H,36,37)/t26-,29?/m1/s1. The lowest BCUT2D eigenvalue weighted by Crippen LogP contribution is -2.56. The van der Waals surface area contributed by atoms with Crippen LogP contribution < -0.4 is 5.32 Å². The Hall–Kier alpha value is -3.62. The number of carboxylic acid groups (broad SMARTS) is 1. The number of benzene rings is 4. The van der Waals surface area contributed by atoms with Gasteiger partial charge in [-0.15, -0.1) is 12.6 Å². The fourth-order valence-electron chi connectivity index (χ4n) is 4.79. The normalized spacial score (nSPS) is 14.4. The van der Waals surface area contributed by atoms with Gasteiger partial charge in [-0.2, -0.15) is 13.2 Å². The van der Waals surface area contributed by atoms with E-state index in [0.29, 0.717) is 16.7 Å². The van der Waals surface area contributed by atoms with Gasteiger partial charge in [-0.1, -0.05) is 103 Å². The van der Waals surface area contributed by atoms with Crippen LogP contribution in [-0.2, 0) is 10.2 Å². The van der Waals surface area contributed by atoms with Crippen LogP contribution in [0.4, 0.5) is 17.6 Å². The lowest BCUT2D eigenvalue weighted by atomic mass is 9.65. The van der Waals surface area contributed by atoms with Gasteiger partial charge in [-0.05, 0) is 34.4 Å². The van der Waals surface area contributed by atoms with E-state index in [-0.39, 0.29) is 12.0 Å². The molecule has 2 N–H and O–H groups in total. The molecule has 196 valence electrons. The molecular weight excluding hydrogens is 514 g/mol. The van der Waals surface area contributed by atoms with E-state index in [1.807, 2.05) is 54.6 Å². The lowest BCUT2D eigenvalue weighted by Gasteiger charge is -2.42. The molecule has 0 fully saturated rings. The van der Waals surface area contributed by atoms with Gasteiger partial charge in [0.05, 0.1) is 0 Å². The summed E-state index contributed by atoms with van der Waals surface area (Å²) in [6, 6.07) is 28.4. The Morgan fingerprint density at radius 1 is 0.737 bits per heavy atom. The first-order valence-electron chi connectivity index (χ1n) is 11.8. The number of aliphatic carboxylic acids is 1. The van der Waals surface area contributed by atoms with Gasteiger partial charge >= 0.3 is 12.1 Å². The van der Waals surface area contributed by atoms with Gasteiger partial charge in [-0.25, -0.2) is 9.18 Å². The molecule has 0 amide bonds. The van der Waals surface area contributed by atoms with E-state index in [1.165, 1.54) is 0 Å². The number of hydrogen-bond donors (Lipinski definition) is 3. The predicted octanol–water partition coefficient (Wildman–Crippen LogP) is 7.15. The quantitative estimate of drug-likeness (QED) is 0.0916. The summed E-state index contributed by atoms with van der Waals surface area (Å²) < 4.78 is 56.4. The zero-order valence-corrected chi connectivity index (χ0v) is 21.0. The van der Waals surface area contributed by atoms with Crippen molar-refractivity contribution >= 4 is 18.6 Å². The van der Waals surface area contributed by atoms with Crippen molar-refractivity contribution in [1.82, 2.24) is 5.32 Å². The minimum absolute atomic E-state index is 0.330. The maximum atomic E-state index is 14.3. The summed E-state index contributed by atoms with van der Waals surface area (Å²) in [7, 11) is 0. The van der Waals surface area contributed by atoms with Crippen LogP contribution in [0, 0.1) is 5.82 Å². The first kappa shape index (κ1) is 27.4. The van der Waals surface area contributed by atoms with E-state index >= 15 is 0 Å². The van der Waals surface area contributed by atoms with Crippen molar-refractivity contribution in [2.45, 2.75) is 28.9 Å². The molecule has 0 aliphatic heterocycles. The summed E-state index contributed by atoms with van der Waals surface area (Å²) in [6.07, 6.45) is -5.28. The summed E-state index contributed by atoms with van der Waals surface area (Å²) >= 11 is 4.41. The Balaban J connectivity index is 1.93. The summed E-state index contributed by atoms with van der Waals surface area (Å²) in [5.41, 5.74) is 0.525. The number of hydrogen-bond acceptors (Lipinski definition) is 3. The molecule has 0 saturated carbocycles. The summed E-state index contributed by atoms with van der Waals surface area (Å²) in [6.45, 7) is 0. The number of nitrogens with one attached hydrogen (secondary N) is 1. The molecule has 1 unspecified atom stereocenters. The molecule has 2 atom stereocenters.